The van der Waals surface area contributed by atoms with E-state index in [1.807, 2.05) is 4.90 Å². The van der Waals surface area contributed by atoms with Crippen LogP contribution in [0.1, 0.15) is 23.2 Å². The highest BCUT2D eigenvalue weighted by molar-refractivity contribution is 5.88. The summed E-state index contributed by atoms with van der Waals surface area (Å²) in [5, 5.41) is 20.0. The van der Waals surface area contributed by atoms with Gasteiger partial charge in [-0.3, -0.25) is 10.1 Å². The van der Waals surface area contributed by atoms with E-state index >= 15 is 0 Å². The van der Waals surface area contributed by atoms with Crippen molar-refractivity contribution in [3.05, 3.63) is 27.9 Å². The number of pyridine rings is 1. The molecule has 0 spiro atoms. The molecule has 2 heterocycles. The fourth-order valence-electron chi connectivity index (χ4n) is 2.49. The molecule has 1 aliphatic heterocycles. The van der Waals surface area contributed by atoms with Gasteiger partial charge in [0.1, 0.15) is 0 Å². The summed E-state index contributed by atoms with van der Waals surface area (Å²) in [5.41, 5.74) is -0.445. The minimum atomic E-state index is -1.23. The first-order valence-corrected chi connectivity index (χ1v) is 6.64. The molecule has 1 aliphatic rings. The van der Waals surface area contributed by atoms with Crippen LogP contribution < -0.4 is 4.90 Å². The van der Waals surface area contributed by atoms with E-state index in [9.17, 15) is 14.9 Å². The molecule has 114 valence electrons. The third kappa shape index (κ3) is 3.46. The van der Waals surface area contributed by atoms with Crippen LogP contribution in [-0.2, 0) is 4.74 Å². The molecule has 0 radical (unpaired) electrons. The standard InChI is InChI=1S/C13H17N3O5/c1-21-8-9-2-4-15(5-3-9)12-11(16(19)20)6-10(7-14-12)13(17)18/h6-7,9H,2-5,8H2,1H3,(H,17,18). The average Bonchev–Trinajstić information content (AvgIpc) is 2.47. The van der Waals surface area contributed by atoms with Gasteiger partial charge in [0.05, 0.1) is 10.5 Å². The van der Waals surface area contributed by atoms with E-state index < -0.39 is 10.9 Å². The number of carboxylic acid groups (broad SMARTS) is 1. The summed E-state index contributed by atoms with van der Waals surface area (Å²) < 4.78 is 5.12. The fourth-order valence-corrected chi connectivity index (χ4v) is 2.49. The molecule has 0 aliphatic carbocycles. The lowest BCUT2D eigenvalue weighted by Crippen LogP contribution is -2.36. The van der Waals surface area contributed by atoms with Crippen molar-refractivity contribution in [2.75, 3.05) is 31.7 Å². The molecule has 0 atom stereocenters. The Labute approximate surface area is 121 Å². The second-order valence-electron chi connectivity index (χ2n) is 5.01. The number of hydrogen-bond donors (Lipinski definition) is 1. The number of nitrogens with zero attached hydrogens (tertiary/aromatic N) is 3. The quantitative estimate of drug-likeness (QED) is 0.648. The molecule has 8 heteroatoms. The number of aromatic nitrogens is 1. The molecular formula is C13H17N3O5. The van der Waals surface area contributed by atoms with Gasteiger partial charge in [-0.25, -0.2) is 9.78 Å². The number of methoxy groups -OCH3 is 1. The topological polar surface area (TPSA) is 106 Å². The molecule has 21 heavy (non-hydrogen) atoms. The lowest BCUT2D eigenvalue weighted by Gasteiger charge is -2.32. The Hall–Kier alpha value is -2.22. The van der Waals surface area contributed by atoms with Gasteiger partial charge in [0, 0.05) is 39.1 Å². The molecule has 1 saturated heterocycles. The highest BCUT2D eigenvalue weighted by atomic mass is 16.6. The Kier molecular flexibility index (Phi) is 4.69. The summed E-state index contributed by atoms with van der Waals surface area (Å²) >= 11 is 0. The van der Waals surface area contributed by atoms with Crippen LogP contribution in [0.15, 0.2) is 12.3 Å². The second-order valence-corrected chi connectivity index (χ2v) is 5.01. The van der Waals surface area contributed by atoms with Crippen molar-refractivity contribution in [1.29, 1.82) is 0 Å². The zero-order chi connectivity index (χ0) is 15.4. The van der Waals surface area contributed by atoms with E-state index in [0.717, 1.165) is 25.1 Å². The first kappa shape index (κ1) is 15.2. The molecular weight excluding hydrogens is 278 g/mol. The van der Waals surface area contributed by atoms with Crippen LogP contribution in [0.4, 0.5) is 11.5 Å². The van der Waals surface area contributed by atoms with Gasteiger partial charge < -0.3 is 14.7 Å². The lowest BCUT2D eigenvalue weighted by atomic mass is 9.98. The molecule has 1 aromatic heterocycles. The molecule has 1 fully saturated rings. The van der Waals surface area contributed by atoms with Crippen molar-refractivity contribution < 1.29 is 19.6 Å². The van der Waals surface area contributed by atoms with Crippen LogP contribution >= 0.6 is 0 Å². The third-order valence-corrected chi connectivity index (χ3v) is 3.61. The Bertz CT molecular complexity index is 541. The van der Waals surface area contributed by atoms with E-state index in [0.29, 0.717) is 25.6 Å². The lowest BCUT2D eigenvalue weighted by molar-refractivity contribution is -0.384. The zero-order valence-electron chi connectivity index (χ0n) is 11.7. The summed E-state index contributed by atoms with van der Waals surface area (Å²) in [4.78, 5) is 27.3. The van der Waals surface area contributed by atoms with Gasteiger partial charge in [-0.05, 0) is 18.8 Å². The predicted molar refractivity (Wildman–Crippen MR) is 74.7 cm³/mol. The summed E-state index contributed by atoms with van der Waals surface area (Å²) in [5.74, 6) is -0.541. The largest absolute Gasteiger partial charge is 0.478 e. The SMILES string of the molecule is COCC1CCN(c2ncc(C(=O)O)cc2[N+](=O)[O-])CC1. The number of nitro groups is 1. The van der Waals surface area contributed by atoms with E-state index in [-0.39, 0.29) is 17.1 Å². The van der Waals surface area contributed by atoms with Crippen molar-refractivity contribution in [3.63, 3.8) is 0 Å². The van der Waals surface area contributed by atoms with E-state index in [1.54, 1.807) is 7.11 Å². The molecule has 2 rings (SSSR count). The molecule has 0 amide bonds. The molecule has 1 N–H and O–H groups in total. The van der Waals surface area contributed by atoms with Gasteiger partial charge in [-0.2, -0.15) is 0 Å². The molecule has 0 unspecified atom stereocenters. The Morgan fingerprint density at radius 3 is 2.76 bits per heavy atom. The number of rotatable bonds is 5. The number of ether oxygens (including phenoxy) is 1. The summed E-state index contributed by atoms with van der Waals surface area (Å²) in [6.07, 6.45) is 2.90. The van der Waals surface area contributed by atoms with Crippen LogP contribution in [0, 0.1) is 16.0 Å². The van der Waals surface area contributed by atoms with Crippen molar-refractivity contribution in [1.82, 2.24) is 4.98 Å². The number of hydrogen-bond acceptors (Lipinski definition) is 6. The maximum atomic E-state index is 11.1. The predicted octanol–water partition coefficient (Wildman–Crippen LogP) is 1.55. The second kappa shape index (κ2) is 6.49. The normalized spacial score (nSPS) is 16.0. The maximum Gasteiger partial charge on any atom is 0.337 e. The Morgan fingerprint density at radius 2 is 2.24 bits per heavy atom. The molecule has 8 nitrogen and oxygen atoms in total. The fraction of sp³-hybridized carbons (Fsp3) is 0.538. The maximum absolute atomic E-state index is 11.1. The Morgan fingerprint density at radius 1 is 1.57 bits per heavy atom. The summed E-state index contributed by atoms with van der Waals surface area (Å²) in [7, 11) is 1.66. The smallest absolute Gasteiger partial charge is 0.337 e. The third-order valence-electron chi connectivity index (χ3n) is 3.61. The van der Waals surface area contributed by atoms with Gasteiger partial charge in [-0.15, -0.1) is 0 Å². The summed E-state index contributed by atoms with van der Waals surface area (Å²) in [6, 6.07) is 1.06. The molecule has 0 bridgehead atoms. The monoisotopic (exact) mass is 295 g/mol. The molecule has 0 aromatic carbocycles. The molecule has 1 aromatic rings. The minimum Gasteiger partial charge on any atom is -0.478 e. The van der Waals surface area contributed by atoms with Crippen LogP contribution in [-0.4, -0.2) is 47.8 Å². The molecule has 0 saturated carbocycles. The van der Waals surface area contributed by atoms with Gasteiger partial charge >= 0.3 is 11.7 Å². The number of anilines is 1. The van der Waals surface area contributed by atoms with Crippen molar-refractivity contribution in [3.8, 4) is 0 Å². The van der Waals surface area contributed by atoms with E-state index in [1.165, 1.54) is 0 Å². The van der Waals surface area contributed by atoms with Gasteiger partial charge in [0.25, 0.3) is 0 Å². The van der Waals surface area contributed by atoms with Crippen LogP contribution in [0.25, 0.3) is 0 Å². The first-order chi connectivity index (χ1) is 10.0. The Balaban J connectivity index is 2.20. The van der Waals surface area contributed by atoms with Gasteiger partial charge in [0.15, 0.2) is 0 Å². The highest BCUT2D eigenvalue weighted by Gasteiger charge is 2.27. The average molecular weight is 295 g/mol. The summed E-state index contributed by atoms with van der Waals surface area (Å²) in [6.45, 7) is 1.98. The van der Waals surface area contributed by atoms with Crippen molar-refractivity contribution in [2.24, 2.45) is 5.92 Å². The first-order valence-electron chi connectivity index (χ1n) is 6.64. The zero-order valence-corrected chi connectivity index (χ0v) is 11.7. The van der Waals surface area contributed by atoms with E-state index in [2.05, 4.69) is 4.98 Å². The highest BCUT2D eigenvalue weighted by Crippen LogP contribution is 2.30. The van der Waals surface area contributed by atoms with Gasteiger partial charge in [-0.1, -0.05) is 0 Å². The van der Waals surface area contributed by atoms with Crippen LogP contribution in [0.5, 0.6) is 0 Å². The number of aromatic carboxylic acids is 1. The van der Waals surface area contributed by atoms with Crippen LogP contribution in [0.3, 0.4) is 0 Å². The number of carbonyl (C=O) groups is 1. The van der Waals surface area contributed by atoms with E-state index in [4.69, 9.17) is 9.84 Å². The number of carboxylic acids is 1. The number of piperidine rings is 1. The van der Waals surface area contributed by atoms with Gasteiger partial charge in [0.2, 0.25) is 5.82 Å². The van der Waals surface area contributed by atoms with Crippen molar-refractivity contribution >= 4 is 17.5 Å². The van der Waals surface area contributed by atoms with Crippen LogP contribution in [0.2, 0.25) is 0 Å². The van der Waals surface area contributed by atoms with Crippen molar-refractivity contribution in [2.45, 2.75) is 12.8 Å². The minimum absolute atomic E-state index is 0.181.